The molecule has 4 rings (SSSR count). The number of imide groups is 2. The van der Waals surface area contributed by atoms with Gasteiger partial charge in [0.1, 0.15) is 17.6 Å². The molecule has 1 atom stereocenters. The summed E-state index contributed by atoms with van der Waals surface area (Å²) in [6.45, 7) is 3.44. The summed E-state index contributed by atoms with van der Waals surface area (Å²) in [5.74, 6) is -1.55. The third-order valence-corrected chi connectivity index (χ3v) is 5.28. The minimum Gasteiger partial charge on any atom is -0.466 e. The Kier molecular flexibility index (Phi) is 4.73. The first-order chi connectivity index (χ1) is 14.3. The van der Waals surface area contributed by atoms with Crippen molar-refractivity contribution in [3.05, 3.63) is 58.0 Å². The topological polar surface area (TPSA) is 126 Å². The molecule has 30 heavy (non-hydrogen) atoms. The molecule has 2 aliphatic rings. The van der Waals surface area contributed by atoms with E-state index >= 15 is 0 Å². The minimum absolute atomic E-state index is 0.0217. The SMILES string of the molecule is Cc1cc(C(=O)NCc2cccc3c2C(=O)N(C2CCC(=O)NC2=O)C3=O)c(C)o1. The second-order valence-corrected chi connectivity index (χ2v) is 7.30. The van der Waals surface area contributed by atoms with Crippen molar-refractivity contribution < 1.29 is 28.4 Å². The summed E-state index contributed by atoms with van der Waals surface area (Å²) in [5, 5.41) is 4.90. The lowest BCUT2D eigenvalue weighted by atomic mass is 10.0. The van der Waals surface area contributed by atoms with Crippen molar-refractivity contribution in [1.29, 1.82) is 0 Å². The van der Waals surface area contributed by atoms with Crippen molar-refractivity contribution in [2.45, 2.75) is 39.3 Å². The molecule has 1 fully saturated rings. The van der Waals surface area contributed by atoms with Crippen LogP contribution >= 0.6 is 0 Å². The van der Waals surface area contributed by atoms with Crippen molar-refractivity contribution in [3.63, 3.8) is 0 Å². The molecule has 1 aromatic heterocycles. The number of aryl methyl sites for hydroxylation is 2. The molecule has 0 aliphatic carbocycles. The summed E-state index contributed by atoms with van der Waals surface area (Å²) in [6, 6.07) is 5.36. The van der Waals surface area contributed by atoms with Crippen molar-refractivity contribution in [2.24, 2.45) is 0 Å². The molecule has 0 radical (unpaired) electrons. The van der Waals surface area contributed by atoms with E-state index in [1.165, 1.54) is 6.07 Å². The van der Waals surface area contributed by atoms with Crippen LogP contribution in [0, 0.1) is 13.8 Å². The maximum absolute atomic E-state index is 13.0. The number of rotatable bonds is 4. The molecular weight excluding hydrogens is 390 g/mol. The van der Waals surface area contributed by atoms with Gasteiger partial charge in [-0.1, -0.05) is 12.1 Å². The number of piperidine rings is 1. The van der Waals surface area contributed by atoms with Crippen LogP contribution in [0.4, 0.5) is 0 Å². The number of benzene rings is 1. The molecule has 1 aromatic carbocycles. The van der Waals surface area contributed by atoms with E-state index in [1.54, 1.807) is 32.0 Å². The normalized spacial score (nSPS) is 18.5. The Morgan fingerprint density at radius 1 is 1.20 bits per heavy atom. The van der Waals surface area contributed by atoms with Crippen LogP contribution in [0.2, 0.25) is 0 Å². The Morgan fingerprint density at radius 3 is 2.63 bits per heavy atom. The predicted octanol–water partition coefficient (Wildman–Crippen LogP) is 1.23. The van der Waals surface area contributed by atoms with Gasteiger partial charge in [-0.3, -0.25) is 34.2 Å². The summed E-state index contributed by atoms with van der Waals surface area (Å²) < 4.78 is 5.36. The van der Waals surface area contributed by atoms with Crippen LogP contribution in [-0.4, -0.2) is 40.5 Å². The molecular formula is C21H19N3O6. The van der Waals surface area contributed by atoms with Crippen LogP contribution in [0.15, 0.2) is 28.7 Å². The van der Waals surface area contributed by atoms with Gasteiger partial charge in [-0.2, -0.15) is 0 Å². The highest BCUT2D eigenvalue weighted by Crippen LogP contribution is 2.30. The van der Waals surface area contributed by atoms with Gasteiger partial charge in [-0.15, -0.1) is 0 Å². The summed E-state index contributed by atoms with van der Waals surface area (Å²) in [5.41, 5.74) is 1.19. The minimum atomic E-state index is -1.03. The fourth-order valence-corrected chi connectivity index (χ4v) is 3.86. The fourth-order valence-electron chi connectivity index (χ4n) is 3.86. The molecule has 154 valence electrons. The Balaban J connectivity index is 1.57. The second-order valence-electron chi connectivity index (χ2n) is 7.30. The van der Waals surface area contributed by atoms with E-state index in [9.17, 15) is 24.0 Å². The standard InChI is InChI=1S/C21H19N3O6/c1-10-8-14(11(2)30-10)18(26)22-9-12-4-3-5-13-17(12)21(29)24(20(13)28)15-6-7-16(25)23-19(15)27/h3-5,8,15H,6-7,9H2,1-2H3,(H,22,26)(H,23,25,27). The van der Waals surface area contributed by atoms with Gasteiger partial charge in [0, 0.05) is 13.0 Å². The van der Waals surface area contributed by atoms with Crippen molar-refractivity contribution in [1.82, 2.24) is 15.5 Å². The Hall–Kier alpha value is -3.75. The first-order valence-corrected chi connectivity index (χ1v) is 9.46. The number of hydrogen-bond acceptors (Lipinski definition) is 6. The smallest absolute Gasteiger partial charge is 0.262 e. The fraction of sp³-hybridized carbons (Fsp3) is 0.286. The summed E-state index contributed by atoms with van der Waals surface area (Å²) >= 11 is 0. The van der Waals surface area contributed by atoms with Crippen molar-refractivity contribution in [2.75, 3.05) is 0 Å². The summed E-state index contributed by atoms with van der Waals surface area (Å²) in [4.78, 5) is 62.8. The lowest BCUT2D eigenvalue weighted by Gasteiger charge is -2.27. The zero-order valence-corrected chi connectivity index (χ0v) is 16.4. The van der Waals surface area contributed by atoms with Gasteiger partial charge in [0.2, 0.25) is 11.8 Å². The molecule has 3 heterocycles. The molecule has 1 saturated heterocycles. The maximum atomic E-state index is 13.0. The van der Waals surface area contributed by atoms with Gasteiger partial charge in [0.15, 0.2) is 0 Å². The largest absolute Gasteiger partial charge is 0.466 e. The molecule has 2 N–H and O–H groups in total. The Morgan fingerprint density at radius 2 is 1.97 bits per heavy atom. The summed E-state index contributed by atoms with van der Waals surface area (Å²) in [7, 11) is 0. The first-order valence-electron chi connectivity index (χ1n) is 9.46. The predicted molar refractivity (Wildman–Crippen MR) is 102 cm³/mol. The Labute approximate surface area is 171 Å². The van der Waals surface area contributed by atoms with Gasteiger partial charge >= 0.3 is 0 Å². The molecule has 0 spiro atoms. The van der Waals surface area contributed by atoms with E-state index in [4.69, 9.17) is 4.42 Å². The molecule has 5 amide bonds. The molecule has 0 bridgehead atoms. The van der Waals surface area contributed by atoms with E-state index < -0.39 is 29.7 Å². The van der Waals surface area contributed by atoms with Gasteiger partial charge in [0.05, 0.1) is 16.7 Å². The van der Waals surface area contributed by atoms with E-state index in [1.807, 2.05) is 0 Å². The van der Waals surface area contributed by atoms with E-state index in [0.29, 0.717) is 22.6 Å². The highest BCUT2D eigenvalue weighted by atomic mass is 16.3. The number of nitrogens with zero attached hydrogens (tertiary/aromatic N) is 1. The third-order valence-electron chi connectivity index (χ3n) is 5.28. The number of carbonyl (C=O) groups is 5. The molecule has 1 unspecified atom stereocenters. The summed E-state index contributed by atoms with van der Waals surface area (Å²) in [6.07, 6.45) is 0.136. The van der Waals surface area contributed by atoms with Gasteiger partial charge in [-0.05, 0) is 38.0 Å². The van der Waals surface area contributed by atoms with E-state index in [0.717, 1.165) is 4.90 Å². The number of hydrogen-bond donors (Lipinski definition) is 2. The van der Waals surface area contributed by atoms with Crippen molar-refractivity contribution in [3.8, 4) is 0 Å². The third kappa shape index (κ3) is 3.18. The number of furan rings is 1. The monoisotopic (exact) mass is 409 g/mol. The number of carbonyl (C=O) groups excluding carboxylic acids is 5. The zero-order chi connectivity index (χ0) is 21.6. The van der Waals surface area contributed by atoms with Crippen LogP contribution < -0.4 is 10.6 Å². The number of amides is 5. The zero-order valence-electron chi connectivity index (χ0n) is 16.4. The van der Waals surface area contributed by atoms with Gasteiger partial charge in [-0.25, -0.2) is 0 Å². The van der Waals surface area contributed by atoms with Crippen molar-refractivity contribution >= 4 is 29.5 Å². The second kappa shape index (κ2) is 7.25. The number of fused-ring (bicyclic) bond motifs is 1. The number of nitrogens with one attached hydrogen (secondary N) is 2. The van der Waals surface area contributed by atoms with Crippen LogP contribution in [0.1, 0.15) is 61.0 Å². The Bertz CT molecular complexity index is 1120. The van der Waals surface area contributed by atoms with E-state index in [2.05, 4.69) is 10.6 Å². The quantitative estimate of drug-likeness (QED) is 0.732. The molecule has 2 aliphatic heterocycles. The van der Waals surface area contributed by atoms with Gasteiger partial charge in [0.25, 0.3) is 17.7 Å². The molecule has 2 aromatic rings. The maximum Gasteiger partial charge on any atom is 0.262 e. The lowest BCUT2D eigenvalue weighted by Crippen LogP contribution is -2.54. The average molecular weight is 409 g/mol. The molecule has 9 heteroatoms. The molecule has 0 saturated carbocycles. The van der Waals surface area contributed by atoms with Crippen LogP contribution in [0.5, 0.6) is 0 Å². The van der Waals surface area contributed by atoms with Gasteiger partial charge < -0.3 is 9.73 Å². The van der Waals surface area contributed by atoms with Crippen LogP contribution in [-0.2, 0) is 16.1 Å². The lowest BCUT2D eigenvalue weighted by molar-refractivity contribution is -0.136. The van der Waals surface area contributed by atoms with E-state index in [-0.39, 0.29) is 36.4 Å². The highest BCUT2D eigenvalue weighted by Gasteiger charge is 2.45. The van der Waals surface area contributed by atoms with Crippen LogP contribution in [0.3, 0.4) is 0 Å². The highest BCUT2D eigenvalue weighted by molar-refractivity contribution is 6.24. The average Bonchev–Trinajstić information content (AvgIpc) is 3.17. The first kappa shape index (κ1) is 19.6. The van der Waals surface area contributed by atoms with Crippen LogP contribution in [0.25, 0.3) is 0 Å². The molecule has 9 nitrogen and oxygen atoms in total.